The molecule has 4 fully saturated rings. The number of amides is 8. The van der Waals surface area contributed by atoms with Crippen LogP contribution in [0, 0.1) is 23.3 Å². The van der Waals surface area contributed by atoms with Crippen molar-refractivity contribution >= 4 is 92.3 Å². The summed E-state index contributed by atoms with van der Waals surface area (Å²) < 4.78 is 56.9. The first-order valence-electron chi connectivity index (χ1n) is 32.2. The Balaban J connectivity index is 0.000000185. The topological polar surface area (TPSA) is 325 Å². The van der Waals surface area contributed by atoms with Crippen molar-refractivity contribution in [2.45, 2.75) is 83.5 Å². The molecule has 7 N–H and O–H groups in total. The van der Waals surface area contributed by atoms with Crippen molar-refractivity contribution in [3.05, 3.63) is 210 Å². The molecule has 25 nitrogen and oxygen atoms in total. The molecule has 0 unspecified atom stereocenters. The van der Waals surface area contributed by atoms with E-state index in [1.165, 1.54) is 91.5 Å². The molecule has 0 atom stereocenters. The minimum atomic E-state index is -0.878. The van der Waals surface area contributed by atoms with Crippen LogP contribution in [-0.2, 0) is 69.7 Å². The summed E-state index contributed by atoms with van der Waals surface area (Å²) >= 11 is 11.6. The van der Waals surface area contributed by atoms with E-state index in [-0.39, 0.29) is 125 Å². The van der Waals surface area contributed by atoms with E-state index in [9.17, 15) is 55.9 Å². The quantitative estimate of drug-likeness (QED) is 0.0184. The van der Waals surface area contributed by atoms with Crippen molar-refractivity contribution in [1.29, 1.82) is 0 Å². The first-order valence-corrected chi connectivity index (χ1v) is 32.9. The average molecular weight is 1410 g/mol. The van der Waals surface area contributed by atoms with Crippen molar-refractivity contribution in [2.24, 2.45) is 16.6 Å². The molecule has 0 spiro atoms. The Hall–Kier alpha value is -10.3. The Morgan fingerprint density at radius 3 is 1.47 bits per heavy atom. The maximum absolute atomic E-state index is 14.2. The average Bonchev–Trinajstić information content (AvgIpc) is 1.63. The number of hydrogen-bond acceptors (Lipinski definition) is 13. The van der Waals surface area contributed by atoms with Crippen molar-refractivity contribution in [1.82, 2.24) is 60.0 Å². The van der Waals surface area contributed by atoms with Gasteiger partial charge in [0.25, 0.3) is 11.8 Å². The number of halogens is 6. The molecular formula is C69H71Cl2F4N17O8. The monoisotopic (exact) mass is 1410 g/mol. The number of nitrogens with one attached hydrogen (secondary N) is 3. The van der Waals surface area contributed by atoms with Gasteiger partial charge in [0.2, 0.25) is 35.4 Å². The number of benzene rings is 6. The Bertz CT molecular complexity index is 4420. The third kappa shape index (κ3) is 19.3. The number of carbonyl (C=O) groups is 8. The van der Waals surface area contributed by atoms with Gasteiger partial charge < -0.3 is 42.1 Å². The van der Waals surface area contributed by atoms with E-state index in [0.717, 1.165) is 64.0 Å². The second-order valence-electron chi connectivity index (χ2n) is 24.4. The molecule has 4 heterocycles. The van der Waals surface area contributed by atoms with E-state index in [1.54, 1.807) is 47.4 Å². The van der Waals surface area contributed by atoms with Gasteiger partial charge in [0.05, 0.1) is 40.6 Å². The van der Waals surface area contributed by atoms with E-state index in [4.69, 9.17) is 40.2 Å². The number of nitrogens with zero attached hydrogens (tertiary/aromatic N) is 12. The van der Waals surface area contributed by atoms with Gasteiger partial charge in [0.15, 0.2) is 11.4 Å². The van der Waals surface area contributed by atoms with Crippen LogP contribution >= 0.6 is 23.2 Å². The van der Waals surface area contributed by atoms with Gasteiger partial charge in [0.1, 0.15) is 36.4 Å². The Kier molecular flexibility index (Phi) is 24.3. The number of azide groups is 1. The van der Waals surface area contributed by atoms with Crippen LogP contribution in [0.1, 0.15) is 84.8 Å². The summed E-state index contributed by atoms with van der Waals surface area (Å²) in [7, 11) is 0. The first-order chi connectivity index (χ1) is 48.1. The van der Waals surface area contributed by atoms with E-state index in [2.05, 4.69) is 46.0 Å². The highest BCUT2D eigenvalue weighted by atomic mass is 35.5. The summed E-state index contributed by atoms with van der Waals surface area (Å²) in [5.41, 5.74) is 23.6. The molecule has 2 saturated carbocycles. The molecule has 522 valence electrons. The summed E-state index contributed by atoms with van der Waals surface area (Å²) in [6, 6.07) is 31.2. The van der Waals surface area contributed by atoms with Crippen LogP contribution in [0.3, 0.4) is 0 Å². The fraction of sp³-hybridized carbons (Fsp3) is 0.333. The minimum absolute atomic E-state index is 0.0195. The molecule has 4 aliphatic rings. The molecule has 2 aliphatic carbocycles. The molecule has 8 aromatic rings. The molecule has 6 aromatic carbocycles. The van der Waals surface area contributed by atoms with Gasteiger partial charge >= 0.3 is 0 Å². The van der Waals surface area contributed by atoms with Crippen LogP contribution in [0.25, 0.3) is 32.2 Å². The van der Waals surface area contributed by atoms with Crippen molar-refractivity contribution in [2.75, 3.05) is 65.4 Å². The van der Waals surface area contributed by atoms with Crippen LogP contribution in [0.2, 0.25) is 10.0 Å². The number of primary amides is 2. The van der Waals surface area contributed by atoms with E-state index in [1.807, 2.05) is 12.1 Å². The van der Waals surface area contributed by atoms with Gasteiger partial charge in [-0.05, 0) is 120 Å². The predicted molar refractivity (Wildman–Crippen MR) is 362 cm³/mol. The lowest BCUT2D eigenvalue weighted by molar-refractivity contribution is -0.137. The van der Waals surface area contributed by atoms with Crippen molar-refractivity contribution in [3.8, 4) is 0 Å². The van der Waals surface area contributed by atoms with E-state index < -0.39 is 47.1 Å². The van der Waals surface area contributed by atoms with Crippen LogP contribution in [0.15, 0.2) is 126 Å². The highest BCUT2D eigenvalue weighted by Crippen LogP contribution is 2.30. The number of carbonyl (C=O) groups excluding carboxylic acids is 8. The first kappa shape index (κ1) is 72.5. The maximum atomic E-state index is 14.2. The standard InChI is InChI=1S/C35H36ClF2N7O4.C23H20ClFN8O4.C11H15FN2/c36-28-3-1-2-24(33(28)38)18-40-30(46)20-44(26-9-10-26)32(48)21-45-29-11-6-23(16-27(29)34(41-45)35(39)49)17-31(47)43-14-12-42(13-15-43)19-22-4-7-25(37)8-5-22;24-16-3-1-2-13(20(16)25)9-28-18(34)10-32(14-5-6-14)19(35)11-33-17-7-4-12(23(37)29-31-27)8-15(17)21(30-33)22(26)36;12-11-3-1-10(2-4-11)9-14-7-5-13-6-8-14/h1-8,11,16,26H,9-10,12-15,17-21H2,(H2,39,49)(H,40,46);1-4,7-8,14H,5-6,9-11H2,(H2,26,36)(H,28,34);1-4,13H,5-9H2. The van der Waals surface area contributed by atoms with Gasteiger partial charge in [-0.2, -0.15) is 10.2 Å². The summed E-state index contributed by atoms with van der Waals surface area (Å²) in [6.45, 7) is 7.18. The second kappa shape index (κ2) is 33.5. The number of nitrogens with two attached hydrogens (primary N) is 2. The Morgan fingerprint density at radius 1 is 0.580 bits per heavy atom. The molecule has 100 heavy (non-hydrogen) atoms. The number of hydrogen-bond donors (Lipinski definition) is 5. The summed E-state index contributed by atoms with van der Waals surface area (Å²) in [6.07, 6.45) is 3.04. The summed E-state index contributed by atoms with van der Waals surface area (Å²) in [4.78, 5) is 113. The number of aromatic nitrogens is 4. The van der Waals surface area contributed by atoms with Gasteiger partial charge in [-0.25, -0.2) is 17.6 Å². The second-order valence-corrected chi connectivity index (χ2v) is 25.2. The van der Waals surface area contributed by atoms with Gasteiger partial charge in [-0.15, -0.1) is 0 Å². The molecule has 8 amide bonds. The Morgan fingerprint density at radius 2 is 1.02 bits per heavy atom. The number of fused-ring (bicyclic) bond motifs is 2. The highest BCUT2D eigenvalue weighted by Gasteiger charge is 2.36. The fourth-order valence-corrected chi connectivity index (χ4v) is 12.0. The van der Waals surface area contributed by atoms with E-state index in [0.29, 0.717) is 54.7 Å². The largest absolute Gasteiger partial charge is 0.364 e. The number of piperazine rings is 2. The molecule has 12 rings (SSSR count). The molecule has 2 aromatic heterocycles. The van der Waals surface area contributed by atoms with Gasteiger partial charge in [-0.1, -0.05) is 77.8 Å². The molecular weight excluding hydrogens is 1340 g/mol. The lowest BCUT2D eigenvalue weighted by atomic mass is 10.1. The van der Waals surface area contributed by atoms with Crippen LogP contribution < -0.4 is 27.4 Å². The SMILES string of the molecule is Fc1ccc(CN2CCNCC2)cc1.NC(=O)c1nn(CC(=O)N(CC(=O)NCc2cccc(Cl)c2F)C2CC2)c2ccc(CC(=O)N3CCN(Cc4ccc(F)cc4)CC3)cc12.[N-]=[N+]=NC(=O)c1ccc2c(c1)c(C(N)=O)nn2CC(=O)N(CC(=O)NCc1cccc(Cl)c1F)C1CC1. The van der Waals surface area contributed by atoms with Crippen LogP contribution in [0.5, 0.6) is 0 Å². The zero-order valence-corrected chi connectivity index (χ0v) is 55.6. The lowest BCUT2D eigenvalue weighted by Gasteiger charge is -2.34. The minimum Gasteiger partial charge on any atom is -0.364 e. The van der Waals surface area contributed by atoms with Crippen molar-refractivity contribution in [3.63, 3.8) is 0 Å². The normalized spacial score (nSPS) is 14.6. The van der Waals surface area contributed by atoms with Gasteiger partial charge in [-0.3, -0.25) is 57.5 Å². The molecule has 0 radical (unpaired) electrons. The van der Waals surface area contributed by atoms with Gasteiger partial charge in [0, 0.05) is 123 Å². The zero-order chi connectivity index (χ0) is 71.1. The maximum Gasteiger partial charge on any atom is 0.269 e. The van der Waals surface area contributed by atoms with Crippen LogP contribution in [0.4, 0.5) is 17.6 Å². The third-order valence-corrected chi connectivity index (χ3v) is 17.8. The third-order valence-electron chi connectivity index (χ3n) is 17.2. The Labute approximate surface area is 580 Å². The molecule has 2 aliphatic heterocycles. The smallest absolute Gasteiger partial charge is 0.269 e. The summed E-state index contributed by atoms with van der Waals surface area (Å²) in [5, 5.41) is 20.6. The lowest BCUT2D eigenvalue weighted by Crippen LogP contribution is -2.48. The molecule has 2 saturated heterocycles. The molecule has 31 heteroatoms. The zero-order valence-electron chi connectivity index (χ0n) is 54.1. The van der Waals surface area contributed by atoms with Crippen LogP contribution in [-0.4, -0.2) is 169 Å². The molecule has 0 bridgehead atoms. The van der Waals surface area contributed by atoms with E-state index >= 15 is 0 Å². The predicted octanol–water partition coefficient (Wildman–Crippen LogP) is 7.18. The number of rotatable bonds is 23. The fourth-order valence-electron chi connectivity index (χ4n) is 11.6. The summed E-state index contributed by atoms with van der Waals surface area (Å²) in [5.74, 6) is -5.96. The highest BCUT2D eigenvalue weighted by molar-refractivity contribution is 6.31. The van der Waals surface area contributed by atoms with Crippen molar-refractivity contribution < 1.29 is 55.9 Å².